The van der Waals surface area contributed by atoms with Crippen LogP contribution in [0.15, 0.2) is 150 Å². The fourth-order valence-electron chi connectivity index (χ4n) is 7.75. The number of aromatic nitrogens is 3. The summed E-state index contributed by atoms with van der Waals surface area (Å²) >= 11 is 0. The fourth-order valence-corrected chi connectivity index (χ4v) is 7.75. The first-order valence-corrected chi connectivity index (χ1v) is 18.4. The van der Waals surface area contributed by atoms with E-state index < -0.39 is 0 Å². The molecule has 0 fully saturated rings. The lowest BCUT2D eigenvalue weighted by atomic mass is 9.59. The molecule has 9 heteroatoms. The van der Waals surface area contributed by atoms with Gasteiger partial charge in [0.25, 0.3) is 0 Å². The lowest BCUT2D eigenvalue weighted by molar-refractivity contribution is 0.669. The van der Waals surface area contributed by atoms with Gasteiger partial charge >= 0.3 is 0 Å². The molecule has 0 bridgehead atoms. The Balaban J connectivity index is 1.09. The van der Waals surface area contributed by atoms with Gasteiger partial charge in [-0.1, -0.05) is 132 Å². The Bertz CT molecular complexity index is 2770. The number of rotatable bonds is 6. The second-order valence-corrected chi connectivity index (χ2v) is 14.2. The van der Waals surface area contributed by atoms with Crippen molar-refractivity contribution in [3.8, 4) is 67.5 Å². The highest BCUT2D eigenvalue weighted by molar-refractivity contribution is 6.68. The van der Waals surface area contributed by atoms with Gasteiger partial charge in [0, 0.05) is 27.5 Å². The Labute approximate surface area is 319 Å². The third kappa shape index (κ3) is 5.86. The largest absolute Gasteiger partial charge is 0.456 e. The van der Waals surface area contributed by atoms with Crippen molar-refractivity contribution in [1.82, 2.24) is 15.0 Å². The minimum atomic E-state index is 0.616. The van der Waals surface area contributed by atoms with Gasteiger partial charge in [-0.2, -0.15) is 0 Å². The molecule has 0 aliphatic rings. The molecular weight excluding hydrogens is 653 g/mol. The van der Waals surface area contributed by atoms with Crippen molar-refractivity contribution in [3.05, 3.63) is 146 Å². The molecule has 0 radical (unpaired) electrons. The van der Waals surface area contributed by atoms with Gasteiger partial charge in [0.1, 0.15) is 50.4 Å². The lowest BCUT2D eigenvalue weighted by Crippen LogP contribution is -2.55. The first kappa shape index (κ1) is 33.5. The van der Waals surface area contributed by atoms with E-state index >= 15 is 0 Å². The van der Waals surface area contributed by atoms with Gasteiger partial charge in [0.15, 0.2) is 17.5 Å². The Hall–Kier alpha value is -6.33. The Kier molecular flexibility index (Phi) is 8.43. The molecule has 7 aromatic carbocycles. The van der Waals surface area contributed by atoms with Crippen molar-refractivity contribution < 1.29 is 4.42 Å². The van der Waals surface area contributed by atoms with Crippen LogP contribution >= 0.6 is 0 Å². The lowest BCUT2D eigenvalue weighted by Gasteiger charge is -2.20. The molecule has 0 saturated carbocycles. The Morgan fingerprint density at radius 1 is 0.352 bits per heavy atom. The van der Waals surface area contributed by atoms with Gasteiger partial charge in [0.05, 0.1) is 0 Å². The van der Waals surface area contributed by atoms with Crippen molar-refractivity contribution in [3.63, 3.8) is 0 Å². The highest BCUT2D eigenvalue weighted by Gasteiger charge is 2.17. The maximum atomic E-state index is 6.42. The smallest absolute Gasteiger partial charge is 0.164 e. The fraction of sp³-hybridized carbons (Fsp3) is 0. The molecule has 0 N–H and O–H groups in total. The van der Waals surface area contributed by atoms with E-state index in [2.05, 4.69) is 106 Å². The number of fused-ring (bicyclic) bond motifs is 3. The minimum Gasteiger partial charge on any atom is -0.456 e. The van der Waals surface area contributed by atoms with Gasteiger partial charge in [-0.05, 0) is 57.6 Å². The van der Waals surface area contributed by atoms with Crippen molar-refractivity contribution in [1.29, 1.82) is 0 Å². The summed E-state index contributed by atoms with van der Waals surface area (Å²) in [6.45, 7) is 0. The molecule has 54 heavy (non-hydrogen) atoms. The van der Waals surface area contributed by atoms with E-state index in [1.54, 1.807) is 0 Å². The zero-order valence-electron chi connectivity index (χ0n) is 31.1. The Morgan fingerprint density at radius 3 is 1.37 bits per heavy atom. The summed E-state index contributed by atoms with van der Waals surface area (Å²) < 4.78 is 6.42. The number of benzene rings is 7. The highest BCUT2D eigenvalue weighted by atomic mass is 16.3. The van der Waals surface area contributed by atoms with Crippen molar-refractivity contribution in [2.75, 3.05) is 0 Å². The third-order valence-corrected chi connectivity index (χ3v) is 11.2. The zero-order chi connectivity index (χ0) is 36.9. The van der Waals surface area contributed by atoms with Gasteiger partial charge in [-0.25, -0.2) is 15.0 Å². The summed E-state index contributed by atoms with van der Waals surface area (Å²) in [6.07, 6.45) is 0. The van der Waals surface area contributed by atoms with E-state index in [0.29, 0.717) is 17.5 Å². The summed E-state index contributed by atoms with van der Waals surface area (Å²) in [4.78, 5) is 14.8. The van der Waals surface area contributed by atoms with Crippen LogP contribution in [0.1, 0.15) is 0 Å². The molecule has 0 aliphatic heterocycles. The maximum Gasteiger partial charge on any atom is 0.164 e. The number of hydrogen-bond acceptors (Lipinski definition) is 4. The molecule has 0 atom stereocenters. The average Bonchev–Trinajstić information content (AvgIpc) is 3.61. The van der Waals surface area contributed by atoms with E-state index in [-0.39, 0.29) is 0 Å². The first-order valence-electron chi connectivity index (χ1n) is 18.4. The van der Waals surface area contributed by atoms with Gasteiger partial charge in [-0.3, -0.25) is 0 Å². The molecular formula is C45H34B5N3O. The van der Waals surface area contributed by atoms with Crippen LogP contribution in [-0.2, 0) is 0 Å². The molecule has 2 heterocycles. The minimum absolute atomic E-state index is 0.616. The SMILES string of the molecule is Bc1c(B)c(B)c(-c2ccc(-c3ccc(-c4cccc5oc6ccc(-c7nc(-c8ccccc8)nc(-c8ccccc8)n7)cc6c45)cc3)cc2)c(B)c1B. The summed E-state index contributed by atoms with van der Waals surface area (Å²) in [6, 6.07) is 50.5. The van der Waals surface area contributed by atoms with Crippen LogP contribution in [0.25, 0.3) is 89.5 Å². The second-order valence-electron chi connectivity index (χ2n) is 14.2. The normalized spacial score (nSPS) is 11.3. The van der Waals surface area contributed by atoms with E-state index in [1.807, 2.05) is 78.9 Å². The van der Waals surface area contributed by atoms with Crippen LogP contribution in [0.2, 0.25) is 0 Å². The van der Waals surface area contributed by atoms with Gasteiger partial charge in [0.2, 0.25) is 0 Å². The van der Waals surface area contributed by atoms with Gasteiger partial charge < -0.3 is 4.42 Å². The predicted molar refractivity (Wildman–Crippen MR) is 241 cm³/mol. The second kappa shape index (κ2) is 13.6. The molecule has 0 aliphatic carbocycles. The number of furan rings is 1. The molecule has 9 aromatic rings. The van der Waals surface area contributed by atoms with Crippen LogP contribution in [0.3, 0.4) is 0 Å². The van der Waals surface area contributed by atoms with Crippen LogP contribution in [0.4, 0.5) is 0 Å². The highest BCUT2D eigenvalue weighted by Crippen LogP contribution is 2.39. The molecule has 250 valence electrons. The molecule has 2 aromatic heterocycles. The number of nitrogens with zero attached hydrogens (tertiary/aromatic N) is 3. The standard InChI is InChI=1S/C45H34B5N3O/c46-38-36(39(47)41(49)42(50)40(38)48)28-20-16-26(17-21-28)25-14-18-27(19-15-25)32-12-7-13-35-37(32)33-24-31(22-23-34(33)54-35)45-52-43(29-8-3-1-4-9-29)51-44(53-45)30-10-5-2-6-11-30/h1-24H,46-50H2. The molecule has 0 saturated heterocycles. The number of hydrogen-bond donors (Lipinski definition) is 0. The van der Waals surface area contributed by atoms with Crippen molar-refractivity contribution >= 4 is 88.5 Å². The summed E-state index contributed by atoms with van der Waals surface area (Å²) in [5.41, 5.74) is 18.6. The van der Waals surface area contributed by atoms with Crippen LogP contribution in [0.5, 0.6) is 0 Å². The quantitative estimate of drug-likeness (QED) is 0.253. The molecule has 0 amide bonds. The summed E-state index contributed by atoms with van der Waals surface area (Å²) in [5.74, 6) is 1.89. The molecule has 9 rings (SSSR count). The first-order chi connectivity index (χ1) is 26.3. The molecule has 4 nitrogen and oxygen atoms in total. The maximum absolute atomic E-state index is 6.42. The monoisotopic (exact) mass is 687 g/mol. The topological polar surface area (TPSA) is 51.8 Å². The van der Waals surface area contributed by atoms with Crippen LogP contribution < -0.4 is 27.3 Å². The molecule has 0 unspecified atom stereocenters. The third-order valence-electron chi connectivity index (χ3n) is 11.2. The average molecular weight is 687 g/mol. The predicted octanol–water partition coefficient (Wildman–Crippen LogP) is 3.07. The Morgan fingerprint density at radius 2 is 0.815 bits per heavy atom. The van der Waals surface area contributed by atoms with E-state index in [9.17, 15) is 0 Å². The van der Waals surface area contributed by atoms with E-state index in [4.69, 9.17) is 19.4 Å². The van der Waals surface area contributed by atoms with Crippen LogP contribution in [-0.4, -0.2) is 54.2 Å². The van der Waals surface area contributed by atoms with Gasteiger partial charge in [-0.15, -0.1) is 16.4 Å². The van der Waals surface area contributed by atoms with Crippen molar-refractivity contribution in [2.45, 2.75) is 0 Å². The van der Waals surface area contributed by atoms with E-state index in [1.165, 1.54) is 49.6 Å². The summed E-state index contributed by atoms with van der Waals surface area (Å²) in [7, 11) is 11.2. The summed E-state index contributed by atoms with van der Waals surface area (Å²) in [5, 5.41) is 2.09. The van der Waals surface area contributed by atoms with Crippen LogP contribution in [0, 0.1) is 0 Å². The zero-order valence-corrected chi connectivity index (χ0v) is 31.1. The van der Waals surface area contributed by atoms with E-state index in [0.717, 1.165) is 49.8 Å². The van der Waals surface area contributed by atoms with Crippen molar-refractivity contribution in [2.24, 2.45) is 0 Å². The molecule has 0 spiro atoms.